The van der Waals surface area contributed by atoms with Crippen molar-refractivity contribution in [1.82, 2.24) is 20.1 Å². The molecule has 0 aliphatic rings. The summed E-state index contributed by atoms with van der Waals surface area (Å²) in [5.74, 6) is 1.17. The number of hydrogen-bond donors (Lipinski definition) is 1. The topological polar surface area (TPSA) is 59.8 Å². The lowest BCUT2D eigenvalue weighted by atomic mass is 10.1. The zero-order valence-corrected chi connectivity index (χ0v) is 18.7. The van der Waals surface area contributed by atoms with Crippen LogP contribution in [0.1, 0.15) is 31.9 Å². The Balaban J connectivity index is 1.49. The monoisotopic (exact) mass is 436 g/mol. The minimum atomic E-state index is -0.0273. The molecule has 4 aromatic rings. The number of carbonyl (C=O) groups excluding carboxylic acids is 1. The molecule has 7 heteroatoms. The predicted octanol–water partition coefficient (Wildman–Crippen LogP) is 5.54. The van der Waals surface area contributed by atoms with Crippen molar-refractivity contribution in [3.63, 3.8) is 0 Å². The quantitative estimate of drug-likeness (QED) is 0.369. The SMILES string of the molecule is CCCn1c(SCC(=O)NC(C)c2ccccc2)nnc1-c1csc2ccccc12. The van der Waals surface area contributed by atoms with E-state index in [1.807, 2.05) is 43.3 Å². The molecule has 154 valence electrons. The molecule has 1 unspecified atom stereocenters. The second-order valence-electron chi connectivity index (χ2n) is 7.09. The molecule has 0 bridgehead atoms. The molecule has 0 saturated heterocycles. The van der Waals surface area contributed by atoms with Gasteiger partial charge in [0.05, 0.1) is 11.8 Å². The highest BCUT2D eigenvalue weighted by Gasteiger charge is 2.18. The zero-order chi connectivity index (χ0) is 20.9. The molecule has 0 aliphatic heterocycles. The minimum absolute atomic E-state index is 0.00932. The van der Waals surface area contributed by atoms with E-state index in [1.54, 1.807) is 11.3 Å². The average molecular weight is 437 g/mol. The van der Waals surface area contributed by atoms with E-state index in [-0.39, 0.29) is 11.9 Å². The third-order valence-corrected chi connectivity index (χ3v) is 6.83. The number of hydrogen-bond acceptors (Lipinski definition) is 5. The van der Waals surface area contributed by atoms with Gasteiger partial charge in [0.2, 0.25) is 5.91 Å². The van der Waals surface area contributed by atoms with Crippen LogP contribution in [0, 0.1) is 0 Å². The van der Waals surface area contributed by atoms with Gasteiger partial charge in [-0.25, -0.2) is 0 Å². The van der Waals surface area contributed by atoms with Crippen molar-refractivity contribution in [2.75, 3.05) is 5.75 Å². The summed E-state index contributed by atoms with van der Waals surface area (Å²) in [6.45, 7) is 4.95. The standard InChI is InChI=1S/C23H24N4OS2/c1-3-13-27-22(19-14-29-20-12-8-7-11-18(19)20)25-26-23(27)30-15-21(28)24-16(2)17-9-5-4-6-10-17/h4-12,14,16H,3,13,15H2,1-2H3,(H,24,28). The van der Waals surface area contributed by atoms with Crippen molar-refractivity contribution in [3.8, 4) is 11.4 Å². The van der Waals surface area contributed by atoms with Crippen molar-refractivity contribution in [3.05, 3.63) is 65.5 Å². The first-order valence-electron chi connectivity index (χ1n) is 10.0. The zero-order valence-electron chi connectivity index (χ0n) is 17.0. The normalized spacial score (nSPS) is 12.2. The van der Waals surface area contributed by atoms with Gasteiger partial charge < -0.3 is 9.88 Å². The summed E-state index contributed by atoms with van der Waals surface area (Å²) < 4.78 is 3.37. The van der Waals surface area contributed by atoms with Crippen molar-refractivity contribution in [1.29, 1.82) is 0 Å². The number of aromatic nitrogens is 3. The Kier molecular flexibility index (Phi) is 6.50. The number of nitrogens with one attached hydrogen (secondary N) is 1. The van der Waals surface area contributed by atoms with E-state index < -0.39 is 0 Å². The van der Waals surface area contributed by atoms with Crippen LogP contribution in [0.5, 0.6) is 0 Å². The van der Waals surface area contributed by atoms with Crippen LogP contribution in [-0.2, 0) is 11.3 Å². The molecule has 0 saturated carbocycles. The van der Waals surface area contributed by atoms with E-state index in [2.05, 4.69) is 50.6 Å². The maximum atomic E-state index is 12.5. The highest BCUT2D eigenvalue weighted by Crippen LogP contribution is 2.34. The van der Waals surface area contributed by atoms with Crippen LogP contribution < -0.4 is 5.32 Å². The number of amides is 1. The van der Waals surface area contributed by atoms with E-state index in [0.717, 1.165) is 35.1 Å². The number of thioether (sulfide) groups is 1. The Morgan fingerprint density at radius 1 is 1.13 bits per heavy atom. The van der Waals surface area contributed by atoms with Gasteiger partial charge in [-0.05, 0) is 25.0 Å². The fourth-order valence-electron chi connectivity index (χ4n) is 3.41. The molecular weight excluding hydrogens is 412 g/mol. The largest absolute Gasteiger partial charge is 0.349 e. The van der Waals surface area contributed by atoms with Crippen LogP contribution >= 0.6 is 23.1 Å². The number of benzene rings is 2. The molecule has 0 aliphatic carbocycles. The minimum Gasteiger partial charge on any atom is -0.349 e. The summed E-state index contributed by atoms with van der Waals surface area (Å²) in [5, 5.41) is 16.1. The fraction of sp³-hybridized carbons (Fsp3) is 0.261. The molecule has 0 fully saturated rings. The second kappa shape index (κ2) is 9.45. The first-order valence-corrected chi connectivity index (χ1v) is 11.9. The van der Waals surface area contributed by atoms with E-state index in [0.29, 0.717) is 5.75 Å². The number of rotatable bonds is 8. The molecule has 2 heterocycles. The third kappa shape index (κ3) is 4.42. The lowest BCUT2D eigenvalue weighted by Crippen LogP contribution is -2.28. The van der Waals surface area contributed by atoms with Crippen molar-refractivity contribution in [2.45, 2.75) is 38.0 Å². The van der Waals surface area contributed by atoms with E-state index in [9.17, 15) is 4.79 Å². The molecular formula is C23H24N4OS2. The molecule has 1 amide bonds. The summed E-state index contributed by atoms with van der Waals surface area (Å²) in [4.78, 5) is 12.5. The third-order valence-electron chi connectivity index (χ3n) is 4.90. The molecule has 30 heavy (non-hydrogen) atoms. The van der Waals surface area contributed by atoms with Crippen molar-refractivity contribution in [2.24, 2.45) is 0 Å². The maximum absolute atomic E-state index is 12.5. The van der Waals surface area contributed by atoms with Gasteiger partial charge in [0.1, 0.15) is 0 Å². The molecule has 1 atom stereocenters. The van der Waals surface area contributed by atoms with Gasteiger partial charge in [-0.15, -0.1) is 21.5 Å². The Labute approximate surface area is 184 Å². The van der Waals surface area contributed by atoms with Crippen LogP contribution in [0.4, 0.5) is 0 Å². The summed E-state index contributed by atoms with van der Waals surface area (Å²) in [5.41, 5.74) is 2.20. The van der Waals surface area contributed by atoms with Crippen LogP contribution in [0.15, 0.2) is 65.1 Å². The van der Waals surface area contributed by atoms with Crippen LogP contribution in [0.25, 0.3) is 21.5 Å². The number of fused-ring (bicyclic) bond motifs is 1. The van der Waals surface area contributed by atoms with Crippen LogP contribution in [0.3, 0.4) is 0 Å². The Hall–Kier alpha value is -2.64. The highest BCUT2D eigenvalue weighted by atomic mass is 32.2. The summed E-state index contributed by atoms with van der Waals surface area (Å²) >= 11 is 3.15. The molecule has 1 N–H and O–H groups in total. The fourth-order valence-corrected chi connectivity index (χ4v) is 5.12. The lowest BCUT2D eigenvalue weighted by Gasteiger charge is -2.14. The van der Waals surface area contributed by atoms with E-state index in [1.165, 1.54) is 21.8 Å². The Morgan fingerprint density at radius 3 is 2.70 bits per heavy atom. The Morgan fingerprint density at radius 2 is 1.90 bits per heavy atom. The smallest absolute Gasteiger partial charge is 0.230 e. The van der Waals surface area contributed by atoms with Gasteiger partial charge in [-0.2, -0.15) is 0 Å². The van der Waals surface area contributed by atoms with Gasteiger partial charge >= 0.3 is 0 Å². The lowest BCUT2D eigenvalue weighted by molar-refractivity contribution is -0.119. The van der Waals surface area contributed by atoms with E-state index >= 15 is 0 Å². The van der Waals surface area contributed by atoms with Gasteiger partial charge in [0, 0.05) is 27.6 Å². The molecule has 4 rings (SSSR count). The molecule has 2 aromatic heterocycles. The summed E-state index contributed by atoms with van der Waals surface area (Å²) in [7, 11) is 0. The van der Waals surface area contributed by atoms with Gasteiger partial charge in [-0.3, -0.25) is 4.79 Å². The first-order chi connectivity index (χ1) is 14.7. The number of nitrogens with zero attached hydrogens (tertiary/aromatic N) is 3. The number of carbonyl (C=O) groups is 1. The second-order valence-corrected chi connectivity index (χ2v) is 8.95. The van der Waals surface area contributed by atoms with E-state index in [4.69, 9.17) is 0 Å². The molecule has 5 nitrogen and oxygen atoms in total. The van der Waals surface area contributed by atoms with Crippen LogP contribution in [-0.4, -0.2) is 26.4 Å². The van der Waals surface area contributed by atoms with Crippen molar-refractivity contribution >= 4 is 39.1 Å². The van der Waals surface area contributed by atoms with Gasteiger partial charge in [-0.1, -0.05) is 67.2 Å². The number of thiophene rings is 1. The maximum Gasteiger partial charge on any atom is 0.230 e. The summed E-state index contributed by atoms with van der Waals surface area (Å²) in [6, 6.07) is 18.3. The summed E-state index contributed by atoms with van der Waals surface area (Å²) in [6.07, 6.45) is 0.970. The molecule has 0 spiro atoms. The molecule has 2 aromatic carbocycles. The van der Waals surface area contributed by atoms with Crippen molar-refractivity contribution < 1.29 is 4.79 Å². The highest BCUT2D eigenvalue weighted by molar-refractivity contribution is 7.99. The first kappa shape index (κ1) is 20.6. The van der Waals surface area contributed by atoms with Crippen LogP contribution in [0.2, 0.25) is 0 Å². The predicted molar refractivity (Wildman–Crippen MR) is 125 cm³/mol. The Bertz CT molecular complexity index is 1140. The molecule has 0 radical (unpaired) electrons. The van der Waals surface area contributed by atoms with Gasteiger partial charge in [0.25, 0.3) is 0 Å². The van der Waals surface area contributed by atoms with Gasteiger partial charge in [0.15, 0.2) is 11.0 Å². The average Bonchev–Trinajstić information content (AvgIpc) is 3.37.